The zero-order chi connectivity index (χ0) is 15.5. The van der Waals surface area contributed by atoms with Gasteiger partial charge in [-0.2, -0.15) is 13.2 Å². The third kappa shape index (κ3) is 3.99. The lowest BCUT2D eigenvalue weighted by Crippen LogP contribution is -2.35. The molecule has 0 saturated heterocycles. The lowest BCUT2D eigenvalue weighted by Gasteiger charge is -2.18. The van der Waals surface area contributed by atoms with Crippen molar-refractivity contribution in [2.45, 2.75) is 20.0 Å². The molecule has 1 rings (SSSR count). The maximum atomic E-state index is 12.3. The van der Waals surface area contributed by atoms with Crippen LogP contribution < -0.4 is 10.6 Å². The average molecular weight is 310 g/mol. The van der Waals surface area contributed by atoms with Crippen LogP contribution in [0.1, 0.15) is 23.5 Å². The quantitative estimate of drug-likeness (QED) is 0.905. The molecular weight excluding hydrogens is 293 g/mol. The van der Waals surface area contributed by atoms with Gasteiger partial charge in [-0.25, -0.2) is 4.98 Å². The van der Waals surface area contributed by atoms with E-state index in [2.05, 4.69) is 4.98 Å². The molecular formula is C11H17F3N4OS. The fraction of sp³-hybridized carbons (Fsp3) is 0.636. The van der Waals surface area contributed by atoms with E-state index in [1.165, 1.54) is 0 Å². The zero-order valence-corrected chi connectivity index (χ0v) is 12.3. The lowest BCUT2D eigenvalue weighted by molar-refractivity contribution is -0.138. The van der Waals surface area contributed by atoms with E-state index in [1.54, 1.807) is 0 Å². The minimum absolute atomic E-state index is 0.0316. The first-order chi connectivity index (χ1) is 9.19. The van der Waals surface area contributed by atoms with Crippen molar-refractivity contribution in [1.29, 1.82) is 0 Å². The third-order valence-corrected chi connectivity index (χ3v) is 3.75. The molecule has 0 radical (unpaired) electrons. The zero-order valence-electron chi connectivity index (χ0n) is 11.5. The Kier molecular flexibility index (Phi) is 5.21. The van der Waals surface area contributed by atoms with Crippen LogP contribution in [0, 0.1) is 0 Å². The first kappa shape index (κ1) is 16.5. The van der Waals surface area contributed by atoms with Gasteiger partial charge in [0.05, 0.1) is 0 Å². The maximum Gasteiger partial charge on any atom is 0.406 e. The Morgan fingerprint density at radius 1 is 1.35 bits per heavy atom. The topological polar surface area (TPSA) is 62.5 Å². The van der Waals surface area contributed by atoms with E-state index in [0.717, 1.165) is 18.4 Å². The summed E-state index contributed by atoms with van der Waals surface area (Å²) in [5.74, 6) is -0.799. The number of carbonyl (C=O) groups is 1. The molecule has 0 spiro atoms. The summed E-state index contributed by atoms with van der Waals surface area (Å²) in [5, 5.41) is 0.538. The van der Waals surface area contributed by atoms with E-state index in [9.17, 15) is 18.0 Å². The molecule has 1 heterocycles. The van der Waals surface area contributed by atoms with Crippen LogP contribution in [-0.2, 0) is 0 Å². The minimum Gasteiger partial charge on any atom is -0.382 e. The Morgan fingerprint density at radius 2 is 1.90 bits per heavy atom. The molecule has 9 heteroatoms. The lowest BCUT2D eigenvalue weighted by atomic mass is 10.4. The highest BCUT2D eigenvalue weighted by atomic mass is 32.1. The van der Waals surface area contributed by atoms with Crippen molar-refractivity contribution in [1.82, 2.24) is 9.88 Å². The first-order valence-corrected chi connectivity index (χ1v) is 6.84. The van der Waals surface area contributed by atoms with Crippen molar-refractivity contribution in [3.8, 4) is 0 Å². The van der Waals surface area contributed by atoms with E-state index in [4.69, 9.17) is 5.73 Å². The summed E-state index contributed by atoms with van der Waals surface area (Å²) in [5.41, 5.74) is 5.63. The van der Waals surface area contributed by atoms with Crippen LogP contribution in [0.15, 0.2) is 0 Å². The number of thiazole rings is 1. The van der Waals surface area contributed by atoms with Gasteiger partial charge in [-0.3, -0.25) is 4.79 Å². The molecule has 2 N–H and O–H groups in total. The maximum absolute atomic E-state index is 12.3. The van der Waals surface area contributed by atoms with Crippen LogP contribution in [0.4, 0.5) is 24.1 Å². The number of amides is 1. The van der Waals surface area contributed by atoms with Crippen LogP contribution in [0.3, 0.4) is 0 Å². The number of carbonyl (C=O) groups excluding carboxylic acids is 1. The van der Waals surface area contributed by atoms with Crippen molar-refractivity contribution in [2.24, 2.45) is 0 Å². The number of nitrogens with zero attached hydrogens (tertiary/aromatic N) is 3. The van der Waals surface area contributed by atoms with Gasteiger partial charge in [0.25, 0.3) is 5.91 Å². The van der Waals surface area contributed by atoms with Crippen LogP contribution in [-0.4, -0.2) is 48.6 Å². The van der Waals surface area contributed by atoms with Crippen molar-refractivity contribution in [2.75, 3.05) is 37.3 Å². The Morgan fingerprint density at radius 3 is 2.35 bits per heavy atom. The highest BCUT2D eigenvalue weighted by Crippen LogP contribution is 2.29. The fourth-order valence-corrected chi connectivity index (χ4v) is 2.72. The largest absolute Gasteiger partial charge is 0.406 e. The van der Waals surface area contributed by atoms with Crippen molar-refractivity contribution >= 4 is 28.2 Å². The summed E-state index contributed by atoms with van der Waals surface area (Å²) in [6, 6.07) is 0. The van der Waals surface area contributed by atoms with Gasteiger partial charge in [0, 0.05) is 20.1 Å². The molecule has 0 atom stereocenters. The molecule has 20 heavy (non-hydrogen) atoms. The fourth-order valence-electron chi connectivity index (χ4n) is 1.62. The van der Waals surface area contributed by atoms with E-state index in [0.29, 0.717) is 23.1 Å². The molecule has 0 aliphatic carbocycles. The number of aromatic nitrogens is 1. The molecule has 0 aliphatic heterocycles. The molecule has 0 aliphatic rings. The first-order valence-electron chi connectivity index (χ1n) is 6.03. The van der Waals surface area contributed by atoms with Gasteiger partial charge in [0.1, 0.15) is 17.2 Å². The van der Waals surface area contributed by atoms with Crippen molar-refractivity contribution in [3.63, 3.8) is 0 Å². The van der Waals surface area contributed by atoms with Crippen LogP contribution in [0.2, 0.25) is 0 Å². The smallest absolute Gasteiger partial charge is 0.382 e. The van der Waals surface area contributed by atoms with Gasteiger partial charge in [0.2, 0.25) is 0 Å². The van der Waals surface area contributed by atoms with Gasteiger partial charge < -0.3 is 15.5 Å². The van der Waals surface area contributed by atoms with E-state index >= 15 is 0 Å². The predicted molar refractivity (Wildman–Crippen MR) is 73.1 cm³/mol. The Labute approximate surface area is 119 Å². The molecule has 1 aromatic heterocycles. The van der Waals surface area contributed by atoms with Crippen LogP contribution in [0.25, 0.3) is 0 Å². The second-order valence-electron chi connectivity index (χ2n) is 4.16. The number of hydrogen-bond acceptors (Lipinski definition) is 5. The Bertz CT molecular complexity index is 471. The standard InChI is InChI=1S/C11H17F3N4OS/c1-4-18(5-2)10-16-8(15)7(20-10)9(19)17(3)6-11(12,13)14/h4-6,15H2,1-3H3. The molecule has 1 aromatic rings. The molecule has 0 unspecified atom stereocenters. The summed E-state index contributed by atoms with van der Waals surface area (Å²) < 4.78 is 36.8. The van der Waals surface area contributed by atoms with E-state index in [1.807, 2.05) is 18.7 Å². The molecule has 0 saturated carbocycles. The highest BCUT2D eigenvalue weighted by Gasteiger charge is 2.33. The van der Waals surface area contributed by atoms with Crippen LogP contribution >= 0.6 is 11.3 Å². The van der Waals surface area contributed by atoms with Gasteiger partial charge in [-0.1, -0.05) is 11.3 Å². The molecule has 0 aromatic carbocycles. The second kappa shape index (κ2) is 6.29. The number of halogens is 3. The summed E-state index contributed by atoms with van der Waals surface area (Å²) >= 11 is 1.01. The third-order valence-electron chi connectivity index (χ3n) is 2.63. The normalized spacial score (nSPS) is 11.5. The number of nitrogens with two attached hydrogens (primary N) is 1. The van der Waals surface area contributed by atoms with Gasteiger partial charge in [-0.15, -0.1) is 0 Å². The Balaban J connectivity index is 2.94. The van der Waals surface area contributed by atoms with Gasteiger partial charge in [0.15, 0.2) is 5.13 Å². The number of anilines is 2. The molecule has 0 bridgehead atoms. The number of nitrogen functional groups attached to an aromatic ring is 1. The van der Waals surface area contributed by atoms with Gasteiger partial charge in [-0.05, 0) is 13.8 Å². The molecule has 114 valence electrons. The summed E-state index contributed by atoms with van der Waals surface area (Å²) in [7, 11) is 1.09. The summed E-state index contributed by atoms with van der Waals surface area (Å²) in [4.78, 5) is 18.5. The highest BCUT2D eigenvalue weighted by molar-refractivity contribution is 7.18. The van der Waals surface area contributed by atoms with Crippen molar-refractivity contribution < 1.29 is 18.0 Å². The second-order valence-corrected chi connectivity index (χ2v) is 5.14. The molecule has 0 fully saturated rings. The minimum atomic E-state index is -4.44. The SMILES string of the molecule is CCN(CC)c1nc(N)c(C(=O)N(C)CC(F)(F)F)s1. The number of alkyl halides is 3. The predicted octanol–water partition coefficient (Wildman–Crippen LogP) is 2.21. The monoisotopic (exact) mass is 310 g/mol. The Hall–Kier alpha value is -1.51. The average Bonchev–Trinajstić information content (AvgIpc) is 2.69. The van der Waals surface area contributed by atoms with E-state index < -0.39 is 18.6 Å². The molecule has 5 nitrogen and oxygen atoms in total. The van der Waals surface area contributed by atoms with Crippen molar-refractivity contribution in [3.05, 3.63) is 4.88 Å². The van der Waals surface area contributed by atoms with Crippen LogP contribution in [0.5, 0.6) is 0 Å². The number of rotatable bonds is 5. The summed E-state index contributed by atoms with van der Waals surface area (Å²) in [6.07, 6.45) is -4.44. The summed E-state index contributed by atoms with van der Waals surface area (Å²) in [6.45, 7) is 3.87. The number of hydrogen-bond donors (Lipinski definition) is 1. The van der Waals surface area contributed by atoms with Gasteiger partial charge >= 0.3 is 6.18 Å². The molecule has 1 amide bonds. The van der Waals surface area contributed by atoms with E-state index in [-0.39, 0.29) is 10.7 Å².